The first-order valence-electron chi connectivity index (χ1n) is 10.3. The Morgan fingerprint density at radius 3 is 1.34 bits per heavy atom. The van der Waals surface area contributed by atoms with Crippen LogP contribution in [0.4, 0.5) is 0 Å². The highest BCUT2D eigenvalue weighted by atomic mass is 16.4. The number of carbonyl (C=O) groups is 4. The van der Waals surface area contributed by atoms with Crippen LogP contribution in [0.5, 0.6) is 0 Å². The summed E-state index contributed by atoms with van der Waals surface area (Å²) in [5, 5.41) is 39.4. The molecule has 0 radical (unpaired) electrons. The molecule has 2 aliphatic rings. The van der Waals surface area contributed by atoms with Crippen LogP contribution in [0.15, 0.2) is 0 Å². The second kappa shape index (κ2) is 8.32. The van der Waals surface area contributed by atoms with E-state index in [1.807, 2.05) is 0 Å². The van der Waals surface area contributed by atoms with Crippen molar-refractivity contribution in [3.63, 3.8) is 0 Å². The van der Waals surface area contributed by atoms with Crippen molar-refractivity contribution in [1.29, 1.82) is 0 Å². The van der Waals surface area contributed by atoms with E-state index < -0.39 is 52.0 Å². The van der Waals surface area contributed by atoms with Crippen LogP contribution >= 0.6 is 0 Å². The number of aliphatic carboxylic acids is 4. The molecule has 29 heavy (non-hydrogen) atoms. The predicted octanol–water partition coefficient (Wildman–Crippen LogP) is 3.48. The lowest BCUT2D eigenvalue weighted by Crippen LogP contribution is -2.51. The Morgan fingerprint density at radius 1 is 0.724 bits per heavy atom. The second-order valence-electron chi connectivity index (χ2n) is 9.71. The lowest BCUT2D eigenvalue weighted by atomic mass is 9.54. The Hall–Kier alpha value is -2.12. The summed E-state index contributed by atoms with van der Waals surface area (Å²) in [6.07, 6.45) is 3.53. The Labute approximate surface area is 170 Å². The van der Waals surface area contributed by atoms with Crippen molar-refractivity contribution < 1.29 is 39.6 Å². The van der Waals surface area contributed by atoms with Gasteiger partial charge in [-0.05, 0) is 43.9 Å². The molecule has 8 heteroatoms. The highest BCUT2D eigenvalue weighted by Crippen LogP contribution is 2.55. The van der Waals surface area contributed by atoms with Crippen LogP contribution in [-0.2, 0) is 19.2 Å². The zero-order valence-electron chi connectivity index (χ0n) is 17.1. The van der Waals surface area contributed by atoms with Gasteiger partial charge in [0.25, 0.3) is 0 Å². The number of rotatable bonds is 8. The van der Waals surface area contributed by atoms with Gasteiger partial charge in [0, 0.05) is 0 Å². The third kappa shape index (κ3) is 4.41. The third-order valence-corrected chi connectivity index (χ3v) is 7.10. The molecule has 0 saturated heterocycles. The van der Waals surface area contributed by atoms with E-state index in [0.29, 0.717) is 25.7 Å². The molecule has 4 atom stereocenters. The maximum absolute atomic E-state index is 12.3. The maximum atomic E-state index is 12.3. The second-order valence-corrected chi connectivity index (χ2v) is 9.71. The molecule has 0 aromatic rings. The molecule has 8 nitrogen and oxygen atoms in total. The molecule has 0 aromatic heterocycles. The van der Waals surface area contributed by atoms with E-state index in [-0.39, 0.29) is 38.5 Å². The summed E-state index contributed by atoms with van der Waals surface area (Å²) >= 11 is 0. The van der Waals surface area contributed by atoms with E-state index in [9.17, 15) is 39.6 Å². The minimum atomic E-state index is -1.47. The molecule has 0 aliphatic heterocycles. The fourth-order valence-corrected chi connectivity index (χ4v) is 6.06. The molecule has 0 bridgehead atoms. The molecule has 0 unspecified atom stereocenters. The minimum Gasteiger partial charge on any atom is -0.481 e. The molecule has 2 fully saturated rings. The van der Waals surface area contributed by atoms with Crippen LogP contribution in [-0.4, -0.2) is 44.3 Å². The van der Waals surface area contributed by atoms with E-state index in [0.717, 1.165) is 0 Å². The van der Waals surface area contributed by atoms with Gasteiger partial charge in [0.1, 0.15) is 0 Å². The first-order chi connectivity index (χ1) is 13.4. The molecule has 2 rings (SSSR count). The number of carboxylic acids is 4. The van der Waals surface area contributed by atoms with Gasteiger partial charge in [-0.1, -0.05) is 39.5 Å². The summed E-state index contributed by atoms with van der Waals surface area (Å²) in [4.78, 5) is 48.2. The quantitative estimate of drug-likeness (QED) is 0.473. The van der Waals surface area contributed by atoms with Crippen molar-refractivity contribution in [3.05, 3.63) is 0 Å². The summed E-state index contributed by atoms with van der Waals surface area (Å²) in [6.45, 7) is 3.48. The van der Waals surface area contributed by atoms with Gasteiger partial charge in [-0.15, -0.1) is 0 Å². The number of hydrogen-bond donors (Lipinski definition) is 4. The summed E-state index contributed by atoms with van der Waals surface area (Å²) < 4.78 is 0. The normalized spacial score (nSPS) is 33.0. The predicted molar refractivity (Wildman–Crippen MR) is 102 cm³/mol. The summed E-state index contributed by atoms with van der Waals surface area (Å²) in [5.74, 6) is -6.68. The molecule has 2 saturated carbocycles. The molecule has 2 aliphatic carbocycles. The first kappa shape index (κ1) is 23.2. The van der Waals surface area contributed by atoms with Crippen LogP contribution in [0.3, 0.4) is 0 Å². The van der Waals surface area contributed by atoms with Crippen molar-refractivity contribution in [2.75, 3.05) is 0 Å². The molecule has 0 heterocycles. The topological polar surface area (TPSA) is 149 Å². The Morgan fingerprint density at radius 2 is 1.07 bits per heavy atom. The van der Waals surface area contributed by atoms with Crippen LogP contribution in [0.1, 0.15) is 78.1 Å². The number of carboxylic acid groups (broad SMARTS) is 4. The molecule has 0 spiro atoms. The highest BCUT2D eigenvalue weighted by Gasteiger charge is 2.57. The van der Waals surface area contributed by atoms with Crippen molar-refractivity contribution in [3.8, 4) is 0 Å². The van der Waals surface area contributed by atoms with E-state index in [2.05, 4.69) is 0 Å². The molecular weight excluding hydrogens is 380 g/mol. The average Bonchev–Trinajstić information content (AvgIpc) is 2.60. The SMILES string of the molecule is CC(C)(C[C@@]1(C(=O)O)CCCC[C@@H]1C(=O)O)C[C@@]1(C(=O)O)CCCC[C@@H]1C(=O)O. The monoisotopic (exact) mass is 412 g/mol. The molecule has 0 amide bonds. The Bertz CT molecular complexity index is 628. The van der Waals surface area contributed by atoms with Crippen molar-refractivity contribution in [2.24, 2.45) is 28.1 Å². The minimum absolute atomic E-state index is 0.00761. The summed E-state index contributed by atoms with van der Waals surface area (Å²) in [7, 11) is 0. The highest BCUT2D eigenvalue weighted by molar-refractivity contribution is 5.85. The van der Waals surface area contributed by atoms with Gasteiger partial charge in [-0.2, -0.15) is 0 Å². The third-order valence-electron chi connectivity index (χ3n) is 7.10. The van der Waals surface area contributed by atoms with Crippen LogP contribution in [0.2, 0.25) is 0 Å². The van der Waals surface area contributed by atoms with E-state index in [1.54, 1.807) is 13.8 Å². The molecular formula is C21H32O8. The van der Waals surface area contributed by atoms with Gasteiger partial charge in [-0.25, -0.2) is 0 Å². The van der Waals surface area contributed by atoms with Gasteiger partial charge in [-0.3, -0.25) is 19.2 Å². The van der Waals surface area contributed by atoms with Crippen molar-refractivity contribution in [2.45, 2.75) is 78.1 Å². The standard InChI is InChI=1S/C21H32O8/c1-19(2,11-20(17(26)27)9-5-3-7-13(20)15(22)23)12-21(18(28)29)10-6-4-8-14(21)16(24)25/h13-14H,3-12H2,1-2H3,(H,22,23)(H,24,25)(H,26,27)(H,28,29)/t13-,14-,20+,21+/m1/s1. The fourth-order valence-electron chi connectivity index (χ4n) is 6.06. The lowest BCUT2D eigenvalue weighted by molar-refractivity contribution is -0.174. The largest absolute Gasteiger partial charge is 0.481 e. The zero-order chi connectivity index (χ0) is 22.0. The van der Waals surface area contributed by atoms with Gasteiger partial charge in [0.15, 0.2) is 0 Å². The van der Waals surface area contributed by atoms with Gasteiger partial charge < -0.3 is 20.4 Å². The average molecular weight is 412 g/mol. The number of hydrogen-bond acceptors (Lipinski definition) is 4. The molecule has 0 aromatic carbocycles. The Kier molecular flexibility index (Phi) is 6.65. The van der Waals surface area contributed by atoms with Crippen LogP contribution in [0, 0.1) is 28.1 Å². The molecule has 164 valence electrons. The van der Waals surface area contributed by atoms with Crippen LogP contribution < -0.4 is 0 Å². The van der Waals surface area contributed by atoms with Gasteiger partial charge >= 0.3 is 23.9 Å². The van der Waals surface area contributed by atoms with E-state index >= 15 is 0 Å². The maximum Gasteiger partial charge on any atom is 0.310 e. The lowest BCUT2D eigenvalue weighted by Gasteiger charge is -2.47. The summed E-state index contributed by atoms with van der Waals surface area (Å²) in [5.41, 5.74) is -3.80. The van der Waals surface area contributed by atoms with E-state index in [1.165, 1.54) is 0 Å². The smallest absolute Gasteiger partial charge is 0.310 e. The first-order valence-corrected chi connectivity index (χ1v) is 10.3. The van der Waals surface area contributed by atoms with Gasteiger partial charge in [0.05, 0.1) is 22.7 Å². The Balaban J connectivity index is 2.41. The zero-order valence-corrected chi connectivity index (χ0v) is 17.1. The molecule has 4 N–H and O–H groups in total. The summed E-state index contributed by atoms with van der Waals surface area (Å²) in [6, 6.07) is 0. The van der Waals surface area contributed by atoms with Crippen molar-refractivity contribution >= 4 is 23.9 Å². The van der Waals surface area contributed by atoms with Gasteiger partial charge in [0.2, 0.25) is 0 Å². The van der Waals surface area contributed by atoms with E-state index in [4.69, 9.17) is 0 Å². The van der Waals surface area contributed by atoms with Crippen LogP contribution in [0.25, 0.3) is 0 Å². The fraction of sp³-hybridized carbons (Fsp3) is 0.810. The van der Waals surface area contributed by atoms with Crippen molar-refractivity contribution in [1.82, 2.24) is 0 Å².